The second-order valence-electron chi connectivity index (χ2n) is 18.4. The molecule has 0 aliphatic rings. The molecule has 0 unspecified atom stereocenters. The molecule has 13 amide bonds. The van der Waals surface area contributed by atoms with Crippen LogP contribution in [-0.2, 0) is 85.3 Å². The summed E-state index contributed by atoms with van der Waals surface area (Å²) >= 11 is 0. The maximum Gasteiger partial charge on any atom is 0.469 e. The predicted octanol–water partition coefficient (Wildman–Crippen LogP) is -10.9. The van der Waals surface area contributed by atoms with E-state index in [0.717, 1.165) is 55.4 Å². The van der Waals surface area contributed by atoms with E-state index < -0.39 is 209 Å². The molecule has 41 heteroatoms. The Hall–Kier alpha value is -7.32. The Balaban J connectivity index is 5.50. The molecule has 39 nitrogen and oxygen atoms in total. The van der Waals surface area contributed by atoms with Crippen molar-refractivity contribution >= 4 is 98.4 Å². The first-order chi connectivity index (χ1) is 38.0. The van der Waals surface area contributed by atoms with Gasteiger partial charge in [0.1, 0.15) is 78.5 Å². The van der Waals surface area contributed by atoms with Gasteiger partial charge in [-0.25, -0.2) is 9.13 Å². The summed E-state index contributed by atoms with van der Waals surface area (Å²) in [7, 11) is -10.5. The lowest BCUT2D eigenvalue weighted by atomic mass is 10.2. The Morgan fingerprint density at radius 1 is 0.325 bits per heavy atom. The molecule has 0 aromatic heterocycles. The Morgan fingerprint density at radius 3 is 0.711 bits per heavy atom. The highest BCUT2D eigenvalue weighted by Crippen LogP contribution is 2.36. The topological polar surface area (TPSA) is 616 Å². The molecule has 0 rings (SSSR count). The van der Waals surface area contributed by atoms with Gasteiger partial charge in [0, 0.05) is 0 Å². The average molecular weight is 1240 g/mol. The molecule has 0 radical (unpaired) electrons. The molecular weight excluding hydrogens is 1160 g/mol. The van der Waals surface area contributed by atoms with E-state index in [2.05, 4.69) is 78.2 Å². The predicted molar refractivity (Wildman–Crippen MR) is 278 cm³/mol. The second kappa shape index (κ2) is 35.0. The summed E-state index contributed by atoms with van der Waals surface area (Å²) < 4.78 is 31.3. The number of rotatable bonds is 35. The molecule has 0 fully saturated rings. The molecule has 0 aromatic rings. The van der Waals surface area contributed by atoms with Crippen LogP contribution in [0.2, 0.25) is 0 Å². The van der Waals surface area contributed by atoms with Crippen molar-refractivity contribution < 1.29 is 120 Å². The first-order valence-corrected chi connectivity index (χ1v) is 27.7. The summed E-state index contributed by atoms with van der Waals surface area (Å²) in [5.41, 5.74) is 5.45. The van der Waals surface area contributed by atoms with Crippen molar-refractivity contribution in [1.82, 2.24) is 69.1 Å². The van der Waals surface area contributed by atoms with Gasteiger partial charge in [0.15, 0.2) is 0 Å². The third kappa shape index (κ3) is 29.0. The van der Waals surface area contributed by atoms with E-state index in [1.807, 2.05) is 0 Å². The summed E-state index contributed by atoms with van der Waals surface area (Å²) in [6, 6.07) is -21.6. The van der Waals surface area contributed by atoms with Crippen LogP contribution in [0.5, 0.6) is 0 Å². The van der Waals surface area contributed by atoms with Gasteiger partial charge in [0.05, 0.1) is 32.5 Å². The highest BCUT2D eigenvalue weighted by molar-refractivity contribution is 7.46. The Kier molecular flexibility index (Phi) is 31.9. The van der Waals surface area contributed by atoms with Crippen molar-refractivity contribution in [1.29, 1.82) is 0 Å². The molecule has 14 atom stereocenters. The first kappa shape index (κ1) is 75.7. The van der Waals surface area contributed by atoms with Crippen molar-refractivity contribution in [3.8, 4) is 0 Å². The van der Waals surface area contributed by atoms with Gasteiger partial charge in [-0.1, -0.05) is 0 Å². The standard InChI is InChI=1S/C42H74N14O25P2/c1-15(43)29(59)44-20(6)36(66)55-27(13-80-82(74,75)76)40(70)50-18(4)32(62)46-22(8)35(65)54-25(11-57)38(68)48-16(2)30(60)45-21(7)34(64)53-26(12-58)39(69)49-17(3)31(61)47-23(9)37(67)56-28(14-81-83(77,78)79)41(71)51-19(5)33(63)52-24(10)42(72)73/h15-28,57-58H,11-14,43H2,1-10H3,(H,44,59)(H,45,60)(H,46,62)(H,47,61)(H,48,68)(H,49,69)(H,50,70)(H,51,71)(H,52,63)(H,53,64)(H,54,65)(H,55,66)(H,56,67)(H,72,73)(H2,74,75,76)(H2,77,78,79)/t15-,16-,17-,18-,19-,20-,21-,22-,23-,24-,25-,26-,27-,28-/m0/s1. The van der Waals surface area contributed by atoms with E-state index in [1.54, 1.807) is 0 Å². The van der Waals surface area contributed by atoms with E-state index in [0.29, 0.717) is 0 Å². The van der Waals surface area contributed by atoms with Crippen molar-refractivity contribution in [3.05, 3.63) is 0 Å². The van der Waals surface area contributed by atoms with Gasteiger partial charge in [-0.3, -0.25) is 76.2 Å². The van der Waals surface area contributed by atoms with Crippen molar-refractivity contribution in [2.45, 2.75) is 154 Å². The molecule has 22 N–H and O–H groups in total. The number of carboxylic acid groups (broad SMARTS) is 1. The minimum atomic E-state index is -5.25. The zero-order valence-electron chi connectivity index (χ0n) is 46.4. The number of carbonyl (C=O) groups excluding carboxylic acids is 13. The van der Waals surface area contributed by atoms with E-state index in [9.17, 15) is 86.5 Å². The average Bonchev–Trinajstić information content (AvgIpc) is 3.44. The van der Waals surface area contributed by atoms with Gasteiger partial charge in [-0.15, -0.1) is 0 Å². The Morgan fingerprint density at radius 2 is 0.506 bits per heavy atom. The van der Waals surface area contributed by atoms with Crippen LogP contribution >= 0.6 is 15.6 Å². The molecule has 0 aliphatic heterocycles. The summed E-state index contributed by atoms with van der Waals surface area (Å²) in [4.78, 5) is 214. The Labute approximate surface area is 472 Å². The Bertz CT molecular complexity index is 2480. The number of nitrogens with two attached hydrogens (primary N) is 1. The zero-order chi connectivity index (χ0) is 64.6. The first-order valence-electron chi connectivity index (χ1n) is 24.6. The van der Waals surface area contributed by atoms with E-state index >= 15 is 0 Å². The molecular formula is C42H74N14O25P2. The fourth-order valence-electron chi connectivity index (χ4n) is 5.82. The van der Waals surface area contributed by atoms with Crippen LogP contribution < -0.4 is 74.9 Å². The number of nitrogens with one attached hydrogen (secondary N) is 13. The molecule has 0 aromatic carbocycles. The van der Waals surface area contributed by atoms with Crippen LogP contribution in [0.3, 0.4) is 0 Å². The highest BCUT2D eigenvalue weighted by Gasteiger charge is 2.35. The molecule has 472 valence electrons. The highest BCUT2D eigenvalue weighted by atomic mass is 31.2. The van der Waals surface area contributed by atoms with Gasteiger partial charge < -0.3 is 110 Å². The normalized spacial score (nSPS) is 16.4. The van der Waals surface area contributed by atoms with E-state index in [4.69, 9.17) is 30.4 Å². The van der Waals surface area contributed by atoms with Crippen LogP contribution in [0.4, 0.5) is 0 Å². The van der Waals surface area contributed by atoms with Gasteiger partial charge in [-0.2, -0.15) is 0 Å². The third-order valence-corrected chi connectivity index (χ3v) is 11.8. The van der Waals surface area contributed by atoms with Crippen molar-refractivity contribution in [3.63, 3.8) is 0 Å². The SMILES string of the molecule is C[C@H](N)C(=O)N[C@@H](C)C(=O)N[C@@H](COP(=O)(O)O)C(=O)N[C@@H](C)C(=O)N[C@@H](C)C(=O)N[C@@H](CO)C(=O)N[C@@H](C)C(=O)N[C@@H](C)C(=O)N[C@@H](CO)C(=O)N[C@@H](C)C(=O)N[C@@H](C)C(=O)N[C@@H](COP(=O)(O)O)C(=O)N[C@@H](C)C(=O)N[C@@H](C)C(=O)O. The van der Waals surface area contributed by atoms with E-state index in [1.165, 1.54) is 13.8 Å². The molecule has 0 heterocycles. The van der Waals surface area contributed by atoms with Gasteiger partial charge >= 0.3 is 21.6 Å². The van der Waals surface area contributed by atoms with Crippen LogP contribution in [0.15, 0.2) is 0 Å². The van der Waals surface area contributed by atoms with Crippen LogP contribution in [0.25, 0.3) is 0 Å². The number of carboxylic acids is 1. The van der Waals surface area contributed by atoms with E-state index in [-0.39, 0.29) is 0 Å². The number of phosphoric ester groups is 2. The summed E-state index contributed by atoms with van der Waals surface area (Å²) in [5.74, 6) is -15.5. The third-order valence-electron chi connectivity index (χ3n) is 10.9. The quantitative estimate of drug-likeness (QED) is 0.0262. The zero-order valence-corrected chi connectivity index (χ0v) is 48.2. The number of phosphoric acid groups is 2. The lowest BCUT2D eigenvalue weighted by Gasteiger charge is -2.25. The molecule has 0 bridgehead atoms. The van der Waals surface area contributed by atoms with Gasteiger partial charge in [0.2, 0.25) is 76.8 Å². The summed E-state index contributed by atoms with van der Waals surface area (Å²) in [6.07, 6.45) is 0. The maximum atomic E-state index is 13.0. The van der Waals surface area contributed by atoms with Crippen molar-refractivity contribution in [2.24, 2.45) is 5.73 Å². The lowest BCUT2D eigenvalue weighted by Crippen LogP contribution is -2.60. The molecule has 0 aliphatic carbocycles. The maximum absolute atomic E-state index is 13.0. The molecule has 0 saturated carbocycles. The lowest BCUT2D eigenvalue weighted by molar-refractivity contribution is -0.141. The van der Waals surface area contributed by atoms with Crippen LogP contribution in [0.1, 0.15) is 69.2 Å². The minimum Gasteiger partial charge on any atom is -0.480 e. The minimum absolute atomic E-state index is 0.756. The van der Waals surface area contributed by atoms with Gasteiger partial charge in [0.25, 0.3) is 0 Å². The smallest absolute Gasteiger partial charge is 0.469 e. The largest absolute Gasteiger partial charge is 0.480 e. The number of hydrogen-bond acceptors (Lipinski definition) is 21. The fourth-order valence-corrected chi connectivity index (χ4v) is 6.51. The van der Waals surface area contributed by atoms with Crippen molar-refractivity contribution in [2.75, 3.05) is 26.4 Å². The number of carbonyl (C=O) groups is 14. The summed E-state index contributed by atoms with van der Waals surface area (Å²) in [5, 5.41) is 56.7. The van der Waals surface area contributed by atoms with Gasteiger partial charge in [-0.05, 0) is 69.2 Å². The molecule has 83 heavy (non-hydrogen) atoms. The number of amides is 13. The number of aliphatic hydroxyl groups excluding tert-OH is 2. The number of hydrogen-bond donors (Lipinski definition) is 21. The van der Waals surface area contributed by atoms with Crippen LogP contribution in [-0.4, -0.2) is 229 Å². The number of aliphatic hydroxyl groups is 2. The monoisotopic (exact) mass is 1240 g/mol. The fraction of sp³-hybridized carbons (Fsp3) is 0.667. The van der Waals surface area contributed by atoms with Crippen LogP contribution in [0, 0.1) is 0 Å². The molecule has 0 spiro atoms. The second-order valence-corrected chi connectivity index (χ2v) is 20.9. The summed E-state index contributed by atoms with van der Waals surface area (Å²) in [6.45, 7) is 6.97. The number of aliphatic carboxylic acids is 1. The molecule has 0 saturated heterocycles.